The summed E-state index contributed by atoms with van der Waals surface area (Å²) in [6, 6.07) is 9.87. The Morgan fingerprint density at radius 2 is 1.96 bits per heavy atom. The lowest BCUT2D eigenvalue weighted by atomic mass is 10.1. The molecule has 2 rings (SSSR count). The molecule has 0 fully saturated rings. The number of hydrogen-bond donors (Lipinski definition) is 1. The molecule has 0 spiro atoms. The zero-order chi connectivity index (χ0) is 18.6. The Morgan fingerprint density at radius 3 is 2.52 bits per heavy atom. The number of sulfonamides is 1. The van der Waals surface area contributed by atoms with E-state index in [4.69, 9.17) is 0 Å². The molecule has 136 valence electrons. The summed E-state index contributed by atoms with van der Waals surface area (Å²) in [6.45, 7) is 5.62. The Morgan fingerprint density at radius 1 is 1.24 bits per heavy atom. The van der Waals surface area contributed by atoms with Crippen molar-refractivity contribution in [1.29, 1.82) is 0 Å². The fourth-order valence-corrected chi connectivity index (χ4v) is 4.62. The van der Waals surface area contributed by atoms with Crippen molar-refractivity contribution in [1.82, 2.24) is 9.62 Å². The lowest BCUT2D eigenvalue weighted by Crippen LogP contribution is -2.33. The number of hydrogen-bond acceptors (Lipinski definition) is 4. The molecule has 0 bridgehead atoms. The number of thiophene rings is 1. The molecular weight excluding hydrogens is 356 g/mol. The molecule has 1 atom stereocenters. The highest BCUT2D eigenvalue weighted by Gasteiger charge is 2.24. The zero-order valence-corrected chi connectivity index (χ0v) is 16.5. The van der Waals surface area contributed by atoms with Gasteiger partial charge in [-0.3, -0.25) is 4.79 Å². The van der Waals surface area contributed by atoms with Crippen LogP contribution in [0.5, 0.6) is 0 Å². The number of nitrogens with one attached hydrogen (secondary N) is 1. The van der Waals surface area contributed by atoms with Crippen LogP contribution in [0.2, 0.25) is 0 Å². The molecule has 0 aliphatic heterocycles. The van der Waals surface area contributed by atoms with Gasteiger partial charge in [0.15, 0.2) is 0 Å². The average molecular weight is 381 g/mol. The van der Waals surface area contributed by atoms with Gasteiger partial charge in [-0.05, 0) is 49.9 Å². The van der Waals surface area contributed by atoms with Gasteiger partial charge in [0.1, 0.15) is 0 Å². The number of rotatable bonds is 7. The Labute approximate surface area is 153 Å². The van der Waals surface area contributed by atoms with Crippen molar-refractivity contribution in [3.63, 3.8) is 0 Å². The van der Waals surface area contributed by atoms with E-state index in [1.807, 2.05) is 24.4 Å². The summed E-state index contributed by atoms with van der Waals surface area (Å²) in [5, 5.41) is 4.95. The predicted octanol–water partition coefficient (Wildman–Crippen LogP) is 3.66. The second-order valence-electron chi connectivity index (χ2n) is 6.09. The Balaban J connectivity index is 2.25. The monoisotopic (exact) mass is 380 g/mol. The van der Waals surface area contributed by atoms with Gasteiger partial charge in [0.2, 0.25) is 10.0 Å². The van der Waals surface area contributed by atoms with Crippen LogP contribution in [-0.2, 0) is 10.0 Å². The predicted molar refractivity (Wildman–Crippen MR) is 101 cm³/mol. The van der Waals surface area contributed by atoms with Gasteiger partial charge < -0.3 is 5.32 Å². The maximum Gasteiger partial charge on any atom is 0.251 e. The van der Waals surface area contributed by atoms with Crippen molar-refractivity contribution in [2.45, 2.75) is 44.2 Å². The van der Waals surface area contributed by atoms with Crippen LogP contribution in [0.25, 0.3) is 0 Å². The summed E-state index contributed by atoms with van der Waals surface area (Å²) < 4.78 is 26.5. The molecule has 1 heterocycles. The van der Waals surface area contributed by atoms with Crippen LogP contribution >= 0.6 is 11.3 Å². The standard InChI is InChI=1S/C18H24N2O3S2/c1-5-16(17-10-7-11-24-17)19-18(21)14-8-6-9-15(12-14)25(22,23)20(4)13(2)3/h6-13,16H,5H2,1-4H3,(H,19,21). The minimum atomic E-state index is -3.62. The molecule has 1 N–H and O–H groups in total. The molecule has 0 aliphatic carbocycles. The van der Waals surface area contributed by atoms with Gasteiger partial charge in [0.25, 0.3) is 5.91 Å². The summed E-state index contributed by atoms with van der Waals surface area (Å²) in [7, 11) is -2.08. The number of carbonyl (C=O) groups is 1. The molecule has 25 heavy (non-hydrogen) atoms. The molecule has 1 unspecified atom stereocenters. The van der Waals surface area contributed by atoms with Gasteiger partial charge in [0, 0.05) is 23.5 Å². The van der Waals surface area contributed by atoms with Crippen LogP contribution in [0.15, 0.2) is 46.7 Å². The van der Waals surface area contributed by atoms with Crippen LogP contribution in [0.3, 0.4) is 0 Å². The molecule has 0 radical (unpaired) electrons. The Kier molecular flexibility index (Phi) is 6.37. The van der Waals surface area contributed by atoms with Crippen molar-refractivity contribution < 1.29 is 13.2 Å². The van der Waals surface area contributed by atoms with E-state index in [1.54, 1.807) is 37.3 Å². The highest BCUT2D eigenvalue weighted by molar-refractivity contribution is 7.89. The number of nitrogens with zero attached hydrogens (tertiary/aromatic N) is 1. The van der Waals surface area contributed by atoms with Crippen LogP contribution < -0.4 is 5.32 Å². The van der Waals surface area contributed by atoms with E-state index in [1.165, 1.54) is 23.5 Å². The van der Waals surface area contributed by atoms with Crippen LogP contribution in [-0.4, -0.2) is 31.7 Å². The van der Waals surface area contributed by atoms with Gasteiger partial charge in [0.05, 0.1) is 10.9 Å². The largest absolute Gasteiger partial charge is 0.344 e. The van der Waals surface area contributed by atoms with E-state index < -0.39 is 10.0 Å². The SMILES string of the molecule is CCC(NC(=O)c1cccc(S(=O)(=O)N(C)C(C)C)c1)c1cccs1. The second kappa shape index (κ2) is 8.12. The zero-order valence-electron chi connectivity index (χ0n) is 14.9. The first-order valence-electron chi connectivity index (χ1n) is 8.19. The topological polar surface area (TPSA) is 66.5 Å². The van der Waals surface area contributed by atoms with Crippen molar-refractivity contribution >= 4 is 27.3 Å². The lowest BCUT2D eigenvalue weighted by Gasteiger charge is -2.21. The first-order chi connectivity index (χ1) is 11.8. The molecule has 5 nitrogen and oxygen atoms in total. The highest BCUT2D eigenvalue weighted by Crippen LogP contribution is 2.23. The summed E-state index contributed by atoms with van der Waals surface area (Å²) in [5.41, 5.74) is 0.341. The van der Waals surface area contributed by atoms with Crippen molar-refractivity contribution in [3.8, 4) is 0 Å². The molecule has 0 aliphatic rings. The van der Waals surface area contributed by atoms with E-state index in [2.05, 4.69) is 5.32 Å². The average Bonchev–Trinajstić information content (AvgIpc) is 3.13. The van der Waals surface area contributed by atoms with E-state index in [9.17, 15) is 13.2 Å². The minimum absolute atomic E-state index is 0.0777. The quantitative estimate of drug-likeness (QED) is 0.797. The molecule has 2 aromatic rings. The maximum atomic E-state index is 12.6. The van der Waals surface area contributed by atoms with Gasteiger partial charge in [-0.2, -0.15) is 4.31 Å². The second-order valence-corrected chi connectivity index (χ2v) is 9.07. The summed E-state index contributed by atoms with van der Waals surface area (Å²) in [4.78, 5) is 13.8. The summed E-state index contributed by atoms with van der Waals surface area (Å²) in [6.07, 6.45) is 0.764. The normalized spacial score (nSPS) is 13.2. The summed E-state index contributed by atoms with van der Waals surface area (Å²) in [5.74, 6) is -0.274. The molecular formula is C18H24N2O3S2. The fraction of sp³-hybridized carbons (Fsp3) is 0.389. The number of carbonyl (C=O) groups excluding carboxylic acids is 1. The third-order valence-corrected chi connectivity index (χ3v) is 7.12. The van der Waals surface area contributed by atoms with E-state index in [-0.39, 0.29) is 22.9 Å². The van der Waals surface area contributed by atoms with Gasteiger partial charge >= 0.3 is 0 Å². The number of benzene rings is 1. The number of amides is 1. The third-order valence-electron chi connectivity index (χ3n) is 4.10. The molecule has 7 heteroatoms. The highest BCUT2D eigenvalue weighted by atomic mass is 32.2. The van der Waals surface area contributed by atoms with Gasteiger partial charge in [-0.25, -0.2) is 8.42 Å². The smallest absolute Gasteiger partial charge is 0.251 e. The van der Waals surface area contributed by atoms with Crippen molar-refractivity contribution in [3.05, 3.63) is 52.2 Å². The molecule has 1 amide bonds. The van der Waals surface area contributed by atoms with E-state index in [0.717, 1.165) is 11.3 Å². The van der Waals surface area contributed by atoms with Crippen LogP contribution in [0.4, 0.5) is 0 Å². The first kappa shape index (κ1) is 19.6. The first-order valence-corrected chi connectivity index (χ1v) is 10.5. The minimum Gasteiger partial charge on any atom is -0.344 e. The van der Waals surface area contributed by atoms with E-state index in [0.29, 0.717) is 5.56 Å². The molecule has 0 saturated heterocycles. The molecule has 0 saturated carbocycles. The van der Waals surface area contributed by atoms with Gasteiger partial charge in [-0.15, -0.1) is 11.3 Å². The summed E-state index contributed by atoms with van der Waals surface area (Å²) >= 11 is 1.59. The van der Waals surface area contributed by atoms with Crippen LogP contribution in [0, 0.1) is 0 Å². The van der Waals surface area contributed by atoms with Crippen LogP contribution in [0.1, 0.15) is 48.5 Å². The van der Waals surface area contributed by atoms with E-state index >= 15 is 0 Å². The fourth-order valence-electron chi connectivity index (χ4n) is 2.35. The van der Waals surface area contributed by atoms with Crippen molar-refractivity contribution in [2.24, 2.45) is 0 Å². The van der Waals surface area contributed by atoms with Crippen molar-refractivity contribution in [2.75, 3.05) is 7.05 Å². The molecule has 1 aromatic heterocycles. The lowest BCUT2D eigenvalue weighted by molar-refractivity contribution is 0.0936. The Bertz CT molecular complexity index is 815. The Hall–Kier alpha value is -1.70. The van der Waals surface area contributed by atoms with Gasteiger partial charge in [-0.1, -0.05) is 19.1 Å². The maximum absolute atomic E-state index is 12.6. The molecule has 1 aromatic carbocycles. The third kappa shape index (κ3) is 4.48.